The van der Waals surface area contributed by atoms with E-state index in [1.54, 1.807) is 7.11 Å². The molecule has 152 valence electrons. The zero-order chi connectivity index (χ0) is 20.6. The number of thioether (sulfide) groups is 1. The van der Waals surface area contributed by atoms with E-state index in [-0.39, 0.29) is 11.7 Å². The Kier molecular flexibility index (Phi) is 6.96. The average molecular weight is 414 g/mol. The number of carbonyl (C=O) groups is 1. The molecule has 0 saturated heterocycles. The van der Waals surface area contributed by atoms with Crippen LogP contribution in [0.2, 0.25) is 0 Å². The van der Waals surface area contributed by atoms with Gasteiger partial charge in [-0.1, -0.05) is 23.9 Å². The van der Waals surface area contributed by atoms with Gasteiger partial charge in [0, 0.05) is 12.1 Å². The highest BCUT2D eigenvalue weighted by molar-refractivity contribution is 7.99. The Morgan fingerprint density at radius 3 is 2.69 bits per heavy atom. The second-order valence-electron chi connectivity index (χ2n) is 6.05. The first-order valence-electron chi connectivity index (χ1n) is 9.07. The van der Waals surface area contributed by atoms with Crippen molar-refractivity contribution in [3.8, 4) is 22.9 Å². The summed E-state index contributed by atoms with van der Waals surface area (Å²) in [4.78, 5) is 12.2. The van der Waals surface area contributed by atoms with E-state index in [2.05, 4.69) is 15.5 Å². The molecule has 1 amide bonds. The Bertz CT molecular complexity index is 959. The van der Waals surface area contributed by atoms with Crippen molar-refractivity contribution >= 4 is 17.7 Å². The minimum Gasteiger partial charge on any atom is -0.497 e. The summed E-state index contributed by atoms with van der Waals surface area (Å²) in [5, 5.41) is 11.6. The van der Waals surface area contributed by atoms with Crippen molar-refractivity contribution in [3.05, 3.63) is 54.1 Å². The van der Waals surface area contributed by atoms with Crippen molar-refractivity contribution in [1.29, 1.82) is 0 Å². The fourth-order valence-electron chi connectivity index (χ4n) is 2.60. The Balaban J connectivity index is 1.55. The first-order valence-corrected chi connectivity index (χ1v) is 10.1. The molecule has 0 aliphatic carbocycles. The van der Waals surface area contributed by atoms with Crippen LogP contribution in [-0.2, 0) is 11.3 Å². The molecule has 0 atom stereocenters. The zero-order valence-electron chi connectivity index (χ0n) is 16.3. The van der Waals surface area contributed by atoms with Crippen LogP contribution in [0.5, 0.6) is 11.5 Å². The summed E-state index contributed by atoms with van der Waals surface area (Å²) >= 11 is 1.23. The van der Waals surface area contributed by atoms with Gasteiger partial charge >= 0.3 is 0 Å². The van der Waals surface area contributed by atoms with Gasteiger partial charge in [0.1, 0.15) is 11.5 Å². The molecule has 3 aromatic rings. The third-order valence-electron chi connectivity index (χ3n) is 4.04. The highest BCUT2D eigenvalue weighted by Crippen LogP contribution is 2.23. The summed E-state index contributed by atoms with van der Waals surface area (Å²) in [5.41, 5.74) is 1.78. The molecular formula is C20H23N5O3S. The lowest BCUT2D eigenvalue weighted by Crippen LogP contribution is -2.25. The number of ether oxygens (including phenoxy) is 2. The van der Waals surface area contributed by atoms with E-state index in [0.717, 1.165) is 22.6 Å². The number of hydrogen-bond donors (Lipinski definition) is 2. The smallest absolute Gasteiger partial charge is 0.230 e. The monoisotopic (exact) mass is 413 g/mol. The molecule has 8 nitrogen and oxygen atoms in total. The van der Waals surface area contributed by atoms with Gasteiger partial charge in [-0.15, -0.1) is 10.2 Å². The third kappa shape index (κ3) is 5.41. The molecule has 3 N–H and O–H groups in total. The van der Waals surface area contributed by atoms with E-state index >= 15 is 0 Å². The fraction of sp³-hybridized carbons (Fsp3) is 0.250. The Labute approximate surface area is 173 Å². The van der Waals surface area contributed by atoms with Crippen molar-refractivity contribution in [2.75, 3.05) is 25.3 Å². The van der Waals surface area contributed by atoms with E-state index in [1.165, 1.54) is 16.4 Å². The number of rotatable bonds is 9. The van der Waals surface area contributed by atoms with Crippen molar-refractivity contribution in [3.63, 3.8) is 0 Å². The van der Waals surface area contributed by atoms with Crippen LogP contribution in [0.3, 0.4) is 0 Å². The van der Waals surface area contributed by atoms with E-state index < -0.39 is 0 Å². The number of benzene rings is 2. The molecule has 0 bridgehead atoms. The normalized spacial score (nSPS) is 10.6. The number of nitrogens with one attached hydrogen (secondary N) is 1. The molecule has 0 saturated carbocycles. The number of nitrogens with zero attached hydrogens (tertiary/aromatic N) is 3. The Morgan fingerprint density at radius 1 is 1.17 bits per heavy atom. The molecule has 0 fully saturated rings. The molecule has 0 aliphatic heterocycles. The first kappa shape index (κ1) is 20.5. The summed E-state index contributed by atoms with van der Waals surface area (Å²) in [7, 11) is 1.61. The number of nitrogen functional groups attached to an aromatic ring is 1. The SMILES string of the molecule is CCOc1ccc(-c2nnc(SCC(=O)NCc3cccc(OC)c3)n2N)cc1. The zero-order valence-corrected chi connectivity index (χ0v) is 17.1. The lowest BCUT2D eigenvalue weighted by Gasteiger charge is -2.07. The van der Waals surface area contributed by atoms with Crippen LogP contribution in [0.4, 0.5) is 0 Å². The van der Waals surface area contributed by atoms with Crippen LogP contribution in [0.25, 0.3) is 11.4 Å². The molecule has 1 heterocycles. The predicted molar refractivity (Wildman–Crippen MR) is 112 cm³/mol. The lowest BCUT2D eigenvalue weighted by molar-refractivity contribution is -0.118. The van der Waals surface area contributed by atoms with Gasteiger partial charge in [-0.05, 0) is 48.9 Å². The van der Waals surface area contributed by atoms with E-state index in [4.69, 9.17) is 15.3 Å². The molecule has 2 aromatic carbocycles. The van der Waals surface area contributed by atoms with Crippen LogP contribution in [0, 0.1) is 0 Å². The van der Waals surface area contributed by atoms with E-state index in [1.807, 2.05) is 55.5 Å². The number of aromatic nitrogens is 3. The Hall–Kier alpha value is -3.20. The summed E-state index contributed by atoms with van der Waals surface area (Å²) in [6.45, 7) is 2.96. The highest BCUT2D eigenvalue weighted by Gasteiger charge is 2.14. The standard InChI is InChI=1S/C20H23N5O3S/c1-3-28-16-9-7-15(8-10-16)19-23-24-20(25(19)21)29-13-18(26)22-12-14-5-4-6-17(11-14)27-2/h4-11H,3,12-13,21H2,1-2H3,(H,22,26). The van der Waals surface area contributed by atoms with Crippen LogP contribution < -0.4 is 20.6 Å². The number of carbonyl (C=O) groups excluding carboxylic acids is 1. The van der Waals surface area contributed by atoms with Gasteiger partial charge in [0.25, 0.3) is 0 Å². The first-order chi connectivity index (χ1) is 14.1. The topological polar surface area (TPSA) is 104 Å². The number of hydrogen-bond acceptors (Lipinski definition) is 7. The number of amides is 1. The Morgan fingerprint density at radius 2 is 1.97 bits per heavy atom. The van der Waals surface area contributed by atoms with Crippen LogP contribution in [0.15, 0.2) is 53.7 Å². The fourth-order valence-corrected chi connectivity index (χ4v) is 3.29. The largest absolute Gasteiger partial charge is 0.497 e. The van der Waals surface area contributed by atoms with Gasteiger partial charge in [0.15, 0.2) is 5.82 Å². The second-order valence-corrected chi connectivity index (χ2v) is 6.99. The van der Waals surface area contributed by atoms with Crippen LogP contribution in [0.1, 0.15) is 12.5 Å². The quantitative estimate of drug-likeness (QED) is 0.410. The molecule has 0 aliphatic rings. The molecule has 29 heavy (non-hydrogen) atoms. The van der Waals surface area contributed by atoms with E-state index in [9.17, 15) is 4.79 Å². The molecule has 3 rings (SSSR count). The van der Waals surface area contributed by atoms with Crippen molar-refractivity contribution in [2.24, 2.45) is 0 Å². The second kappa shape index (κ2) is 9.83. The summed E-state index contributed by atoms with van der Waals surface area (Å²) in [6.07, 6.45) is 0. The maximum Gasteiger partial charge on any atom is 0.230 e. The third-order valence-corrected chi connectivity index (χ3v) is 4.99. The summed E-state index contributed by atoms with van der Waals surface area (Å²) in [5.74, 6) is 8.22. The maximum absolute atomic E-state index is 12.2. The van der Waals surface area contributed by atoms with E-state index in [0.29, 0.717) is 24.1 Å². The lowest BCUT2D eigenvalue weighted by atomic mass is 10.2. The van der Waals surface area contributed by atoms with Crippen LogP contribution in [-0.4, -0.2) is 40.3 Å². The van der Waals surface area contributed by atoms with Gasteiger partial charge < -0.3 is 20.6 Å². The van der Waals surface area contributed by atoms with Crippen molar-refractivity contribution in [2.45, 2.75) is 18.6 Å². The summed E-state index contributed by atoms with van der Waals surface area (Å²) in [6, 6.07) is 15.0. The predicted octanol–water partition coefficient (Wildman–Crippen LogP) is 2.47. The van der Waals surface area contributed by atoms with Gasteiger partial charge in [0.05, 0.1) is 19.5 Å². The van der Waals surface area contributed by atoms with Crippen molar-refractivity contribution in [1.82, 2.24) is 20.2 Å². The number of nitrogens with two attached hydrogens (primary N) is 1. The van der Waals surface area contributed by atoms with Crippen LogP contribution >= 0.6 is 11.8 Å². The molecule has 1 aromatic heterocycles. The minimum absolute atomic E-state index is 0.122. The average Bonchev–Trinajstić information content (AvgIpc) is 3.12. The van der Waals surface area contributed by atoms with Gasteiger partial charge in [-0.25, -0.2) is 4.68 Å². The van der Waals surface area contributed by atoms with Gasteiger partial charge in [-0.3, -0.25) is 4.79 Å². The molecule has 9 heteroatoms. The van der Waals surface area contributed by atoms with Gasteiger partial charge in [0.2, 0.25) is 11.1 Å². The summed E-state index contributed by atoms with van der Waals surface area (Å²) < 4.78 is 12.0. The van der Waals surface area contributed by atoms with Crippen molar-refractivity contribution < 1.29 is 14.3 Å². The minimum atomic E-state index is -0.122. The van der Waals surface area contributed by atoms with Gasteiger partial charge in [-0.2, -0.15) is 0 Å². The molecular weight excluding hydrogens is 390 g/mol. The molecule has 0 unspecified atom stereocenters. The molecule has 0 spiro atoms. The number of methoxy groups -OCH3 is 1. The molecule has 0 radical (unpaired) electrons. The maximum atomic E-state index is 12.2. The highest BCUT2D eigenvalue weighted by atomic mass is 32.2.